The normalized spacial score (nSPS) is 21.1. The number of likely N-dealkylation sites (tertiary alicyclic amines) is 2. The molecule has 8 heteroatoms. The van der Waals surface area contributed by atoms with Gasteiger partial charge in [0.2, 0.25) is 17.4 Å². The number of piperidine rings is 2. The van der Waals surface area contributed by atoms with Crippen LogP contribution in [-0.2, 0) is 0 Å². The van der Waals surface area contributed by atoms with Crippen LogP contribution in [0.25, 0.3) is 4.85 Å². The molecule has 2 aromatic heterocycles. The van der Waals surface area contributed by atoms with E-state index in [-0.39, 0.29) is 12.2 Å². The highest BCUT2D eigenvalue weighted by Crippen LogP contribution is 2.31. The van der Waals surface area contributed by atoms with Gasteiger partial charge in [-0.2, -0.15) is 0 Å². The summed E-state index contributed by atoms with van der Waals surface area (Å²) < 4.78 is 11.8. The molecule has 38 heavy (non-hydrogen) atoms. The third-order valence-electron chi connectivity index (χ3n) is 7.82. The van der Waals surface area contributed by atoms with Crippen molar-refractivity contribution in [1.29, 1.82) is 0 Å². The van der Waals surface area contributed by atoms with E-state index in [1.165, 1.54) is 38.8 Å². The van der Waals surface area contributed by atoms with Crippen molar-refractivity contribution in [3.63, 3.8) is 0 Å². The number of carbonyl (C=O) groups is 1. The zero-order valence-corrected chi connectivity index (χ0v) is 22.2. The summed E-state index contributed by atoms with van der Waals surface area (Å²) in [5, 5.41) is 0. The van der Waals surface area contributed by atoms with Crippen LogP contribution in [0.15, 0.2) is 36.7 Å². The summed E-state index contributed by atoms with van der Waals surface area (Å²) in [5.41, 5.74) is 1.15. The van der Waals surface area contributed by atoms with Gasteiger partial charge in [0.15, 0.2) is 6.29 Å². The zero-order chi connectivity index (χ0) is 26.2. The van der Waals surface area contributed by atoms with Gasteiger partial charge >= 0.3 is 0 Å². The number of ether oxygens (including phenoxy) is 2. The second-order valence-electron chi connectivity index (χ2n) is 11.1. The van der Waals surface area contributed by atoms with E-state index in [0.717, 1.165) is 70.0 Å². The number of hydrogen-bond acceptors (Lipinski definition) is 7. The van der Waals surface area contributed by atoms with Gasteiger partial charge in [-0.3, -0.25) is 4.79 Å². The van der Waals surface area contributed by atoms with E-state index >= 15 is 0 Å². The summed E-state index contributed by atoms with van der Waals surface area (Å²) in [5.74, 6) is 3.22. The van der Waals surface area contributed by atoms with Crippen molar-refractivity contribution in [3.05, 3.63) is 53.6 Å². The first kappa shape index (κ1) is 26.6. The molecule has 4 fully saturated rings. The van der Waals surface area contributed by atoms with Gasteiger partial charge in [-0.15, -0.1) is 0 Å². The minimum absolute atomic E-state index is 0.269. The van der Waals surface area contributed by atoms with Gasteiger partial charge in [0.05, 0.1) is 6.57 Å². The molecule has 0 spiro atoms. The van der Waals surface area contributed by atoms with Gasteiger partial charge in [-0.05, 0) is 81.4 Å². The molecular formula is C30H39N5O3. The Balaban J connectivity index is 0.000000155. The van der Waals surface area contributed by atoms with E-state index in [1.807, 2.05) is 0 Å². The highest BCUT2D eigenvalue weighted by Gasteiger charge is 2.28. The molecule has 2 saturated heterocycles. The van der Waals surface area contributed by atoms with Crippen molar-refractivity contribution >= 4 is 12.0 Å². The molecule has 0 N–H and O–H groups in total. The molecule has 0 amide bonds. The quantitative estimate of drug-likeness (QED) is 0.341. The summed E-state index contributed by atoms with van der Waals surface area (Å²) >= 11 is 0. The van der Waals surface area contributed by atoms with Crippen LogP contribution in [0.1, 0.15) is 61.7 Å². The van der Waals surface area contributed by atoms with Crippen molar-refractivity contribution in [2.24, 2.45) is 11.8 Å². The second kappa shape index (κ2) is 13.2. The summed E-state index contributed by atoms with van der Waals surface area (Å²) in [6.45, 7) is 14.0. The lowest BCUT2D eigenvalue weighted by Gasteiger charge is -2.31. The van der Waals surface area contributed by atoms with Gasteiger partial charge in [0.1, 0.15) is 12.2 Å². The van der Waals surface area contributed by atoms with Crippen molar-refractivity contribution in [2.75, 3.05) is 39.3 Å². The predicted octanol–water partition coefficient (Wildman–Crippen LogP) is 5.03. The van der Waals surface area contributed by atoms with Gasteiger partial charge < -0.3 is 19.3 Å². The molecule has 2 aliphatic carbocycles. The first-order chi connectivity index (χ1) is 18.7. The number of hydrogen-bond donors (Lipinski definition) is 0. The topological polar surface area (TPSA) is 72.2 Å². The first-order valence-electron chi connectivity index (χ1n) is 14.2. The Labute approximate surface area is 226 Å². The van der Waals surface area contributed by atoms with Crippen molar-refractivity contribution < 1.29 is 14.3 Å². The molecule has 202 valence electrons. The van der Waals surface area contributed by atoms with Crippen molar-refractivity contribution in [3.8, 4) is 11.8 Å². The zero-order valence-electron chi connectivity index (χ0n) is 22.2. The Morgan fingerprint density at radius 2 is 1.26 bits per heavy atom. The monoisotopic (exact) mass is 517 g/mol. The van der Waals surface area contributed by atoms with E-state index in [4.69, 9.17) is 16.0 Å². The molecule has 6 rings (SSSR count). The van der Waals surface area contributed by atoms with Crippen molar-refractivity contribution in [1.82, 2.24) is 19.8 Å². The molecule has 4 heterocycles. The van der Waals surface area contributed by atoms with Crippen LogP contribution < -0.4 is 9.47 Å². The van der Waals surface area contributed by atoms with Gasteiger partial charge in [0, 0.05) is 63.3 Å². The number of aldehydes is 1. The van der Waals surface area contributed by atoms with Crippen LogP contribution in [-0.4, -0.2) is 77.5 Å². The Morgan fingerprint density at radius 3 is 1.63 bits per heavy atom. The standard InChI is InChI=1S/C15H19N3O.C15H20N2O2/c1-16-13-4-5-15(17-10-13)19-14-6-8-18(9-7-14)11-12-2-3-12;18-11-13-3-4-15(16-9-13)19-14-5-7-17(8-6-14)10-12-1-2-12/h4-5,10,12,14H,2-3,6-9,11H2;3-4,9,11-12,14H,1-2,5-8,10H2. The third kappa shape index (κ3) is 8.50. The predicted molar refractivity (Wildman–Crippen MR) is 146 cm³/mol. The van der Waals surface area contributed by atoms with Gasteiger partial charge in [0.25, 0.3) is 0 Å². The largest absolute Gasteiger partial charge is 0.474 e. The van der Waals surface area contributed by atoms with Gasteiger partial charge in [-0.1, -0.05) is 0 Å². The summed E-state index contributed by atoms with van der Waals surface area (Å²) in [6.07, 6.45) is 14.5. The maximum Gasteiger partial charge on any atom is 0.213 e. The number of nitrogens with zero attached hydrogens (tertiary/aromatic N) is 5. The fourth-order valence-electron chi connectivity index (χ4n) is 5.13. The summed E-state index contributed by atoms with van der Waals surface area (Å²) in [6, 6.07) is 7.08. The maximum atomic E-state index is 10.6. The summed E-state index contributed by atoms with van der Waals surface area (Å²) in [4.78, 5) is 27.3. The smallest absolute Gasteiger partial charge is 0.213 e. The van der Waals surface area contributed by atoms with Crippen LogP contribution in [0.4, 0.5) is 5.69 Å². The molecule has 0 atom stereocenters. The number of rotatable bonds is 9. The van der Waals surface area contributed by atoms with Crippen LogP contribution in [0, 0.1) is 18.4 Å². The summed E-state index contributed by atoms with van der Waals surface area (Å²) in [7, 11) is 0. The molecule has 0 aromatic carbocycles. The van der Waals surface area contributed by atoms with Crippen LogP contribution in [0.3, 0.4) is 0 Å². The van der Waals surface area contributed by atoms with E-state index in [2.05, 4.69) is 24.6 Å². The molecule has 0 bridgehead atoms. The molecule has 2 aromatic rings. The Morgan fingerprint density at radius 1 is 0.763 bits per heavy atom. The number of aromatic nitrogens is 2. The van der Waals surface area contributed by atoms with Crippen LogP contribution in [0.2, 0.25) is 0 Å². The maximum absolute atomic E-state index is 10.6. The average Bonchev–Trinajstić information content (AvgIpc) is 3.90. The average molecular weight is 518 g/mol. The number of carbonyl (C=O) groups excluding carboxylic acids is 1. The fraction of sp³-hybridized carbons (Fsp3) is 0.600. The first-order valence-corrected chi connectivity index (χ1v) is 14.2. The second-order valence-corrected chi connectivity index (χ2v) is 11.1. The number of pyridine rings is 2. The molecule has 2 saturated carbocycles. The minimum atomic E-state index is 0.269. The lowest BCUT2D eigenvalue weighted by molar-refractivity contribution is 0.0943. The Hall–Kier alpha value is -3.02. The van der Waals surface area contributed by atoms with E-state index in [9.17, 15) is 4.79 Å². The lowest BCUT2D eigenvalue weighted by atomic mass is 10.1. The fourth-order valence-corrected chi connectivity index (χ4v) is 5.13. The molecule has 8 nitrogen and oxygen atoms in total. The van der Waals surface area contributed by atoms with Gasteiger partial charge in [-0.25, -0.2) is 14.8 Å². The molecule has 0 unspecified atom stereocenters. The van der Waals surface area contributed by atoms with Crippen molar-refractivity contribution in [2.45, 2.75) is 63.6 Å². The lowest BCUT2D eigenvalue weighted by Crippen LogP contribution is -2.39. The van der Waals surface area contributed by atoms with Crippen LogP contribution in [0.5, 0.6) is 11.8 Å². The molecular weight excluding hydrogens is 478 g/mol. The highest BCUT2D eigenvalue weighted by atomic mass is 16.5. The van der Waals surface area contributed by atoms with E-state index in [0.29, 0.717) is 23.0 Å². The molecule has 4 aliphatic rings. The third-order valence-corrected chi connectivity index (χ3v) is 7.82. The Bertz CT molecular complexity index is 1050. The van der Waals surface area contributed by atoms with E-state index < -0.39 is 0 Å². The Kier molecular flexibility index (Phi) is 9.21. The molecule has 0 radical (unpaired) electrons. The van der Waals surface area contributed by atoms with Crippen LogP contribution >= 0.6 is 0 Å². The SMILES string of the molecule is O=Cc1ccc(OC2CCN(CC3CC3)CC2)nc1.[C-]#[N+]c1ccc(OC2CCN(CC3CC3)CC2)nc1. The molecule has 2 aliphatic heterocycles. The van der Waals surface area contributed by atoms with E-state index in [1.54, 1.807) is 36.7 Å². The minimum Gasteiger partial charge on any atom is -0.474 e. The highest BCUT2D eigenvalue weighted by molar-refractivity contribution is 5.74.